The third kappa shape index (κ3) is 5.71. The normalized spacial score (nSPS) is 15.5. The van der Waals surface area contributed by atoms with Gasteiger partial charge >= 0.3 is 6.03 Å². The number of benzene rings is 3. The molecular weight excluding hydrogens is 414 g/mol. The number of carbonyl (C=O) groups excluding carboxylic acids is 2. The number of urea groups is 1. The van der Waals surface area contributed by atoms with Crippen LogP contribution in [0.1, 0.15) is 29.9 Å². The van der Waals surface area contributed by atoms with Crippen molar-refractivity contribution >= 4 is 17.6 Å². The van der Waals surface area contributed by atoms with E-state index in [0.717, 1.165) is 17.9 Å². The highest BCUT2D eigenvalue weighted by atomic mass is 16.5. The van der Waals surface area contributed by atoms with Crippen molar-refractivity contribution in [3.8, 4) is 5.75 Å². The minimum atomic E-state index is -0.246. The lowest BCUT2D eigenvalue weighted by molar-refractivity contribution is -0.117. The zero-order valence-corrected chi connectivity index (χ0v) is 18.7. The van der Waals surface area contributed by atoms with E-state index in [4.69, 9.17) is 4.74 Å². The molecule has 1 aliphatic heterocycles. The fourth-order valence-corrected chi connectivity index (χ4v) is 4.28. The lowest BCUT2D eigenvalue weighted by Crippen LogP contribution is -2.43. The second-order valence-electron chi connectivity index (χ2n) is 8.17. The highest BCUT2D eigenvalue weighted by molar-refractivity contribution is 5.96. The highest BCUT2D eigenvalue weighted by Gasteiger charge is 2.31. The van der Waals surface area contributed by atoms with Crippen LogP contribution in [-0.2, 0) is 4.79 Å². The number of anilines is 1. The maximum atomic E-state index is 12.5. The molecule has 33 heavy (non-hydrogen) atoms. The summed E-state index contributed by atoms with van der Waals surface area (Å²) in [6.45, 7) is 0.985. The third-order valence-corrected chi connectivity index (χ3v) is 5.97. The molecule has 6 nitrogen and oxygen atoms in total. The number of nitrogens with zero attached hydrogens (tertiary/aromatic N) is 1. The molecule has 0 spiro atoms. The third-order valence-electron chi connectivity index (χ3n) is 5.97. The van der Waals surface area contributed by atoms with E-state index in [-0.39, 0.29) is 30.3 Å². The van der Waals surface area contributed by atoms with Gasteiger partial charge in [-0.1, -0.05) is 60.7 Å². The SMILES string of the molecule is COc1ccc(N2C[C@@H](NC(=O)NCCC(c3ccccc3)c3ccccc3)CC2=O)cc1. The van der Waals surface area contributed by atoms with Crippen molar-refractivity contribution in [3.63, 3.8) is 0 Å². The Balaban J connectivity index is 1.30. The van der Waals surface area contributed by atoms with Crippen LogP contribution in [0.3, 0.4) is 0 Å². The molecule has 0 aliphatic carbocycles. The van der Waals surface area contributed by atoms with Crippen LogP contribution >= 0.6 is 0 Å². The number of hydrogen-bond acceptors (Lipinski definition) is 3. The first kappa shape index (κ1) is 22.4. The van der Waals surface area contributed by atoms with Gasteiger partial charge in [0.15, 0.2) is 0 Å². The van der Waals surface area contributed by atoms with Crippen LogP contribution in [0.4, 0.5) is 10.5 Å². The number of carbonyl (C=O) groups is 2. The Morgan fingerprint density at radius 3 is 2.15 bits per heavy atom. The predicted octanol–water partition coefficient (Wildman–Crippen LogP) is 4.32. The molecule has 1 fully saturated rings. The van der Waals surface area contributed by atoms with Gasteiger partial charge in [-0.15, -0.1) is 0 Å². The standard InChI is InChI=1S/C27H29N3O3/c1-33-24-14-12-23(13-15-24)30-19-22(18-26(30)31)29-27(32)28-17-16-25(20-8-4-2-5-9-20)21-10-6-3-7-11-21/h2-15,22,25H,16-19H2,1H3,(H2,28,29,32)/t22-/m0/s1. The van der Waals surface area contributed by atoms with Crippen molar-refractivity contribution in [3.05, 3.63) is 96.1 Å². The van der Waals surface area contributed by atoms with E-state index in [0.29, 0.717) is 13.1 Å². The number of nitrogens with one attached hydrogen (secondary N) is 2. The van der Waals surface area contributed by atoms with Crippen LogP contribution in [0.25, 0.3) is 0 Å². The Kier molecular flexibility index (Phi) is 7.25. The van der Waals surface area contributed by atoms with E-state index in [2.05, 4.69) is 34.9 Å². The van der Waals surface area contributed by atoms with Gasteiger partial charge in [0, 0.05) is 31.1 Å². The van der Waals surface area contributed by atoms with Gasteiger partial charge in [0.1, 0.15) is 5.75 Å². The fraction of sp³-hybridized carbons (Fsp3) is 0.259. The lowest BCUT2D eigenvalue weighted by Gasteiger charge is -2.20. The number of rotatable bonds is 8. The van der Waals surface area contributed by atoms with Crippen LogP contribution in [0.5, 0.6) is 5.75 Å². The van der Waals surface area contributed by atoms with Crippen LogP contribution < -0.4 is 20.3 Å². The maximum absolute atomic E-state index is 12.5. The summed E-state index contributed by atoms with van der Waals surface area (Å²) in [5, 5.41) is 5.92. The van der Waals surface area contributed by atoms with Crippen molar-refractivity contribution in [2.45, 2.75) is 24.8 Å². The quantitative estimate of drug-likeness (QED) is 0.545. The lowest BCUT2D eigenvalue weighted by atomic mass is 9.88. The number of methoxy groups -OCH3 is 1. The molecule has 6 heteroatoms. The fourth-order valence-electron chi connectivity index (χ4n) is 4.28. The number of hydrogen-bond donors (Lipinski definition) is 2. The predicted molar refractivity (Wildman–Crippen MR) is 130 cm³/mol. The number of ether oxygens (including phenoxy) is 1. The zero-order chi connectivity index (χ0) is 23.0. The summed E-state index contributed by atoms with van der Waals surface area (Å²) in [7, 11) is 1.61. The van der Waals surface area contributed by atoms with Crippen molar-refractivity contribution in [2.75, 3.05) is 25.1 Å². The summed E-state index contributed by atoms with van der Waals surface area (Å²) in [5.74, 6) is 0.939. The van der Waals surface area contributed by atoms with E-state index in [9.17, 15) is 9.59 Å². The van der Waals surface area contributed by atoms with E-state index < -0.39 is 0 Å². The van der Waals surface area contributed by atoms with Crippen LogP contribution in [0.2, 0.25) is 0 Å². The molecule has 1 saturated heterocycles. The Hall–Kier alpha value is -3.80. The molecule has 0 saturated carbocycles. The summed E-state index contributed by atoms with van der Waals surface area (Å²) in [6, 6.07) is 27.5. The molecule has 0 radical (unpaired) electrons. The topological polar surface area (TPSA) is 70.7 Å². The summed E-state index contributed by atoms with van der Waals surface area (Å²) >= 11 is 0. The molecule has 1 aliphatic rings. The van der Waals surface area contributed by atoms with Crippen molar-refractivity contribution in [1.82, 2.24) is 10.6 Å². The first-order valence-electron chi connectivity index (χ1n) is 11.2. The van der Waals surface area contributed by atoms with E-state index in [1.54, 1.807) is 12.0 Å². The molecule has 1 heterocycles. The van der Waals surface area contributed by atoms with E-state index in [1.165, 1.54) is 11.1 Å². The average molecular weight is 444 g/mol. The molecule has 4 rings (SSSR count). The highest BCUT2D eigenvalue weighted by Crippen LogP contribution is 2.27. The Morgan fingerprint density at radius 1 is 0.970 bits per heavy atom. The average Bonchev–Trinajstić information content (AvgIpc) is 3.22. The van der Waals surface area contributed by atoms with Gasteiger partial charge in [-0.2, -0.15) is 0 Å². The molecule has 170 valence electrons. The van der Waals surface area contributed by atoms with Crippen molar-refractivity contribution in [1.29, 1.82) is 0 Å². The smallest absolute Gasteiger partial charge is 0.315 e. The molecule has 3 aromatic rings. The van der Waals surface area contributed by atoms with Crippen LogP contribution in [0, 0.1) is 0 Å². The largest absolute Gasteiger partial charge is 0.497 e. The minimum absolute atomic E-state index is 0.00122. The molecule has 0 unspecified atom stereocenters. The summed E-state index contributed by atoms with van der Waals surface area (Å²) in [5.41, 5.74) is 3.25. The molecular formula is C27H29N3O3. The van der Waals surface area contributed by atoms with Crippen LogP contribution in [-0.4, -0.2) is 38.2 Å². The summed E-state index contributed by atoms with van der Waals surface area (Å²) in [6.07, 6.45) is 1.07. The van der Waals surface area contributed by atoms with Gasteiger partial charge in [0.25, 0.3) is 0 Å². The minimum Gasteiger partial charge on any atom is -0.497 e. The van der Waals surface area contributed by atoms with E-state index in [1.807, 2.05) is 60.7 Å². The molecule has 1 atom stereocenters. The van der Waals surface area contributed by atoms with Gasteiger partial charge in [0.2, 0.25) is 5.91 Å². The number of amides is 3. The zero-order valence-electron chi connectivity index (χ0n) is 18.7. The van der Waals surface area contributed by atoms with Gasteiger partial charge in [0.05, 0.1) is 13.2 Å². The second-order valence-corrected chi connectivity index (χ2v) is 8.17. The van der Waals surface area contributed by atoms with Crippen LogP contribution in [0.15, 0.2) is 84.9 Å². The maximum Gasteiger partial charge on any atom is 0.315 e. The summed E-state index contributed by atoms with van der Waals surface area (Å²) < 4.78 is 5.17. The Morgan fingerprint density at radius 2 is 1.58 bits per heavy atom. The van der Waals surface area contributed by atoms with Gasteiger partial charge < -0.3 is 20.3 Å². The van der Waals surface area contributed by atoms with Gasteiger partial charge in [-0.3, -0.25) is 4.79 Å². The first-order valence-corrected chi connectivity index (χ1v) is 11.2. The Labute approximate surface area is 194 Å². The summed E-state index contributed by atoms with van der Waals surface area (Å²) in [4.78, 5) is 26.7. The van der Waals surface area contributed by atoms with Crippen molar-refractivity contribution in [2.24, 2.45) is 0 Å². The monoisotopic (exact) mass is 443 g/mol. The van der Waals surface area contributed by atoms with Crippen molar-refractivity contribution < 1.29 is 14.3 Å². The molecule has 0 bridgehead atoms. The first-order chi connectivity index (χ1) is 16.1. The second kappa shape index (κ2) is 10.7. The van der Waals surface area contributed by atoms with Gasteiger partial charge in [-0.25, -0.2) is 4.79 Å². The van der Waals surface area contributed by atoms with Gasteiger partial charge in [-0.05, 0) is 41.8 Å². The van der Waals surface area contributed by atoms with E-state index >= 15 is 0 Å². The molecule has 3 amide bonds. The molecule has 0 aromatic heterocycles. The molecule has 2 N–H and O–H groups in total. The molecule has 3 aromatic carbocycles. The Bertz CT molecular complexity index is 1020.